The SMILES string of the molecule is CNC(=O)c1ccc(OC)c(NC(=O)c2cc(C(C)C)nc3ccccc23)c1. The van der Waals surface area contributed by atoms with Crippen LogP contribution in [0, 0.1) is 0 Å². The quantitative estimate of drug-likeness (QED) is 0.705. The molecular formula is C22H23N3O3. The lowest BCUT2D eigenvalue weighted by Gasteiger charge is -2.14. The first-order chi connectivity index (χ1) is 13.4. The molecule has 6 nitrogen and oxygen atoms in total. The Morgan fingerprint density at radius 3 is 2.46 bits per heavy atom. The van der Waals surface area contributed by atoms with E-state index in [1.54, 1.807) is 25.2 Å². The number of benzene rings is 2. The summed E-state index contributed by atoms with van der Waals surface area (Å²) in [6.07, 6.45) is 0. The number of pyridine rings is 1. The van der Waals surface area contributed by atoms with Crippen molar-refractivity contribution in [2.75, 3.05) is 19.5 Å². The number of nitrogens with zero attached hydrogens (tertiary/aromatic N) is 1. The van der Waals surface area contributed by atoms with Gasteiger partial charge in [0.05, 0.1) is 23.9 Å². The van der Waals surface area contributed by atoms with Gasteiger partial charge in [0, 0.05) is 23.7 Å². The highest BCUT2D eigenvalue weighted by atomic mass is 16.5. The molecule has 1 aromatic heterocycles. The molecule has 0 aliphatic carbocycles. The summed E-state index contributed by atoms with van der Waals surface area (Å²) in [7, 11) is 3.07. The monoisotopic (exact) mass is 377 g/mol. The van der Waals surface area contributed by atoms with Gasteiger partial charge < -0.3 is 15.4 Å². The summed E-state index contributed by atoms with van der Waals surface area (Å²) in [5.74, 6) is 0.133. The van der Waals surface area contributed by atoms with E-state index in [0.717, 1.165) is 16.6 Å². The molecule has 0 atom stereocenters. The Bertz CT molecular complexity index is 1040. The summed E-state index contributed by atoms with van der Waals surface area (Å²) in [6.45, 7) is 4.07. The zero-order chi connectivity index (χ0) is 20.3. The zero-order valence-electron chi connectivity index (χ0n) is 16.4. The van der Waals surface area contributed by atoms with Crippen LogP contribution < -0.4 is 15.4 Å². The number of anilines is 1. The van der Waals surface area contributed by atoms with Crippen molar-refractivity contribution in [1.29, 1.82) is 0 Å². The molecule has 0 spiro atoms. The number of para-hydroxylation sites is 1. The lowest BCUT2D eigenvalue weighted by atomic mass is 10.0. The summed E-state index contributed by atoms with van der Waals surface area (Å²) < 4.78 is 5.34. The summed E-state index contributed by atoms with van der Waals surface area (Å²) >= 11 is 0. The van der Waals surface area contributed by atoms with E-state index in [0.29, 0.717) is 22.6 Å². The van der Waals surface area contributed by atoms with Crippen LogP contribution in [-0.2, 0) is 0 Å². The highest BCUT2D eigenvalue weighted by Gasteiger charge is 2.17. The van der Waals surface area contributed by atoms with E-state index in [2.05, 4.69) is 15.6 Å². The molecule has 1 heterocycles. The van der Waals surface area contributed by atoms with Gasteiger partial charge in [0.15, 0.2) is 0 Å². The fraction of sp³-hybridized carbons (Fsp3) is 0.227. The number of aromatic nitrogens is 1. The van der Waals surface area contributed by atoms with E-state index in [-0.39, 0.29) is 17.7 Å². The lowest BCUT2D eigenvalue weighted by molar-refractivity contribution is 0.0961. The van der Waals surface area contributed by atoms with E-state index in [1.807, 2.05) is 44.2 Å². The van der Waals surface area contributed by atoms with Gasteiger partial charge in [-0.2, -0.15) is 0 Å². The maximum atomic E-state index is 13.1. The first kappa shape index (κ1) is 19.4. The van der Waals surface area contributed by atoms with Crippen molar-refractivity contribution in [2.45, 2.75) is 19.8 Å². The van der Waals surface area contributed by atoms with Crippen LogP contribution in [-0.4, -0.2) is 31.0 Å². The molecule has 28 heavy (non-hydrogen) atoms. The average Bonchev–Trinajstić information content (AvgIpc) is 2.72. The maximum Gasteiger partial charge on any atom is 0.256 e. The van der Waals surface area contributed by atoms with Crippen molar-refractivity contribution in [3.63, 3.8) is 0 Å². The smallest absolute Gasteiger partial charge is 0.256 e. The molecule has 2 amide bonds. The number of fused-ring (bicyclic) bond motifs is 1. The Balaban J connectivity index is 2.05. The number of hydrogen-bond donors (Lipinski definition) is 2. The molecule has 0 fully saturated rings. The molecule has 0 unspecified atom stereocenters. The molecule has 144 valence electrons. The fourth-order valence-corrected chi connectivity index (χ4v) is 2.96. The normalized spacial score (nSPS) is 10.8. The van der Waals surface area contributed by atoms with Gasteiger partial charge in [0.1, 0.15) is 5.75 Å². The van der Waals surface area contributed by atoms with Gasteiger partial charge in [0.25, 0.3) is 11.8 Å². The van der Waals surface area contributed by atoms with Crippen LogP contribution in [0.4, 0.5) is 5.69 Å². The highest BCUT2D eigenvalue weighted by Crippen LogP contribution is 2.28. The molecule has 0 saturated heterocycles. The third kappa shape index (κ3) is 3.81. The maximum absolute atomic E-state index is 13.1. The van der Waals surface area contributed by atoms with Gasteiger partial charge >= 0.3 is 0 Å². The molecule has 0 bridgehead atoms. The van der Waals surface area contributed by atoms with Crippen LogP contribution in [0.1, 0.15) is 46.2 Å². The van der Waals surface area contributed by atoms with Gasteiger partial charge in [-0.25, -0.2) is 0 Å². The van der Waals surface area contributed by atoms with Gasteiger partial charge in [-0.3, -0.25) is 14.6 Å². The second-order valence-electron chi connectivity index (χ2n) is 6.71. The number of methoxy groups -OCH3 is 1. The standard InChI is InChI=1S/C22H23N3O3/c1-13(2)18-12-16(15-7-5-6-8-17(15)24-18)22(27)25-19-11-14(21(26)23-3)9-10-20(19)28-4/h5-13H,1-4H3,(H,23,26)(H,25,27). The van der Waals surface area contributed by atoms with Gasteiger partial charge in [-0.1, -0.05) is 32.0 Å². The van der Waals surface area contributed by atoms with Crippen LogP contribution in [0.2, 0.25) is 0 Å². The highest BCUT2D eigenvalue weighted by molar-refractivity contribution is 6.13. The van der Waals surface area contributed by atoms with Gasteiger partial charge in [-0.05, 0) is 36.2 Å². The van der Waals surface area contributed by atoms with Crippen molar-refractivity contribution in [3.05, 3.63) is 65.4 Å². The minimum atomic E-state index is -0.284. The van der Waals surface area contributed by atoms with Crippen LogP contribution >= 0.6 is 0 Å². The third-order valence-corrected chi connectivity index (χ3v) is 4.51. The second-order valence-corrected chi connectivity index (χ2v) is 6.71. The van der Waals surface area contributed by atoms with Crippen molar-refractivity contribution in [3.8, 4) is 5.75 Å². The average molecular weight is 377 g/mol. The van der Waals surface area contributed by atoms with E-state index in [9.17, 15) is 9.59 Å². The summed E-state index contributed by atoms with van der Waals surface area (Å²) in [4.78, 5) is 29.7. The molecule has 0 saturated carbocycles. The molecule has 0 aliphatic heterocycles. The molecule has 0 radical (unpaired) electrons. The van der Waals surface area contributed by atoms with E-state index < -0.39 is 0 Å². The third-order valence-electron chi connectivity index (χ3n) is 4.51. The summed E-state index contributed by atoms with van der Waals surface area (Å²) in [6, 6.07) is 14.3. The fourth-order valence-electron chi connectivity index (χ4n) is 2.96. The number of nitrogens with one attached hydrogen (secondary N) is 2. The number of carbonyl (C=O) groups excluding carboxylic acids is 2. The Kier molecular flexibility index (Phi) is 5.59. The van der Waals surface area contributed by atoms with Gasteiger partial charge in [-0.15, -0.1) is 0 Å². The molecule has 2 aromatic carbocycles. The van der Waals surface area contributed by atoms with Crippen LogP contribution in [0.15, 0.2) is 48.5 Å². The molecule has 3 rings (SSSR count). The predicted molar refractivity (Wildman–Crippen MR) is 110 cm³/mol. The van der Waals surface area contributed by atoms with E-state index in [1.165, 1.54) is 7.11 Å². The second kappa shape index (κ2) is 8.08. The Morgan fingerprint density at radius 2 is 1.79 bits per heavy atom. The Morgan fingerprint density at radius 1 is 1.04 bits per heavy atom. The Hall–Kier alpha value is -3.41. The molecule has 0 aliphatic rings. The minimum Gasteiger partial charge on any atom is -0.495 e. The molecule has 6 heteroatoms. The molecule has 3 aromatic rings. The number of hydrogen-bond acceptors (Lipinski definition) is 4. The topological polar surface area (TPSA) is 80.3 Å². The first-order valence-corrected chi connectivity index (χ1v) is 9.05. The van der Waals surface area contributed by atoms with Crippen molar-refractivity contribution >= 4 is 28.4 Å². The lowest BCUT2D eigenvalue weighted by Crippen LogP contribution is -2.19. The Labute approximate surface area is 163 Å². The predicted octanol–water partition coefficient (Wildman–Crippen LogP) is 3.98. The number of rotatable bonds is 5. The number of amides is 2. The summed E-state index contributed by atoms with van der Waals surface area (Å²) in [5, 5.41) is 6.23. The van der Waals surface area contributed by atoms with Gasteiger partial charge in [0.2, 0.25) is 0 Å². The molecule has 2 N–H and O–H groups in total. The van der Waals surface area contributed by atoms with Crippen molar-refractivity contribution < 1.29 is 14.3 Å². The first-order valence-electron chi connectivity index (χ1n) is 9.05. The number of carbonyl (C=O) groups is 2. The van der Waals surface area contributed by atoms with Crippen molar-refractivity contribution in [1.82, 2.24) is 10.3 Å². The summed E-state index contributed by atoms with van der Waals surface area (Å²) in [5.41, 5.74) is 3.00. The zero-order valence-corrected chi connectivity index (χ0v) is 16.4. The van der Waals surface area contributed by atoms with Crippen LogP contribution in [0.25, 0.3) is 10.9 Å². The minimum absolute atomic E-state index is 0.183. The van der Waals surface area contributed by atoms with Crippen molar-refractivity contribution in [2.24, 2.45) is 0 Å². The van der Waals surface area contributed by atoms with Crippen LogP contribution in [0.3, 0.4) is 0 Å². The largest absolute Gasteiger partial charge is 0.495 e. The van der Waals surface area contributed by atoms with Crippen LogP contribution in [0.5, 0.6) is 5.75 Å². The number of ether oxygens (including phenoxy) is 1. The van der Waals surface area contributed by atoms with E-state index >= 15 is 0 Å². The molecular weight excluding hydrogens is 354 g/mol. The van der Waals surface area contributed by atoms with E-state index in [4.69, 9.17) is 4.74 Å².